The van der Waals surface area contributed by atoms with E-state index in [1.54, 1.807) is 0 Å². The lowest BCUT2D eigenvalue weighted by Crippen LogP contribution is -2.22. The Balaban J connectivity index is 2.01. The fourth-order valence-corrected chi connectivity index (χ4v) is 2.37. The Hall–Kier alpha value is -0.800. The van der Waals surface area contributed by atoms with E-state index in [0.717, 1.165) is 42.7 Å². The molecule has 1 aliphatic heterocycles. The van der Waals surface area contributed by atoms with Crippen molar-refractivity contribution >= 4 is 17.4 Å². The number of hydrogen-bond acceptors (Lipinski definition) is 3. The lowest BCUT2D eigenvalue weighted by Gasteiger charge is -2.18. The van der Waals surface area contributed by atoms with E-state index in [1.165, 1.54) is 12.8 Å². The zero-order chi connectivity index (χ0) is 13.0. The van der Waals surface area contributed by atoms with Crippen LogP contribution in [0.5, 0.6) is 0 Å². The van der Waals surface area contributed by atoms with Gasteiger partial charge in [0, 0.05) is 19.6 Å². The smallest absolute Gasteiger partial charge is 0.128 e. The van der Waals surface area contributed by atoms with Crippen LogP contribution in [0.3, 0.4) is 0 Å². The third kappa shape index (κ3) is 3.59. The second kappa shape index (κ2) is 6.39. The first-order valence-corrected chi connectivity index (χ1v) is 7.15. The molecule has 0 aromatic carbocycles. The normalized spacial score (nSPS) is 15.7. The Morgan fingerprint density at radius 1 is 1.33 bits per heavy atom. The van der Waals surface area contributed by atoms with Gasteiger partial charge in [0.15, 0.2) is 0 Å². The molecule has 0 amide bonds. The van der Waals surface area contributed by atoms with E-state index < -0.39 is 0 Å². The second-order valence-corrected chi connectivity index (χ2v) is 5.72. The molecular weight excluding hydrogens is 246 g/mol. The molecule has 0 spiro atoms. The summed E-state index contributed by atoms with van der Waals surface area (Å²) in [7, 11) is 0. The first kappa shape index (κ1) is 13.6. The minimum atomic E-state index is 0.644. The molecule has 4 heteroatoms. The van der Waals surface area contributed by atoms with Crippen LogP contribution in [0.15, 0.2) is 12.1 Å². The van der Waals surface area contributed by atoms with Gasteiger partial charge in [-0.1, -0.05) is 25.4 Å². The molecule has 1 aliphatic rings. The molecule has 1 fully saturated rings. The lowest BCUT2D eigenvalue weighted by atomic mass is 10.2. The second-order valence-electron chi connectivity index (χ2n) is 5.32. The van der Waals surface area contributed by atoms with Gasteiger partial charge in [-0.15, -0.1) is 0 Å². The van der Waals surface area contributed by atoms with Crippen molar-refractivity contribution < 1.29 is 0 Å². The van der Waals surface area contributed by atoms with E-state index in [2.05, 4.69) is 29.0 Å². The molecule has 2 rings (SSSR count). The van der Waals surface area contributed by atoms with Crippen molar-refractivity contribution in [2.24, 2.45) is 5.92 Å². The summed E-state index contributed by atoms with van der Waals surface area (Å²) in [5, 5.41) is 4.15. The van der Waals surface area contributed by atoms with Gasteiger partial charge in [-0.25, -0.2) is 4.98 Å². The van der Waals surface area contributed by atoms with Crippen molar-refractivity contribution in [2.45, 2.75) is 33.2 Å². The van der Waals surface area contributed by atoms with Crippen molar-refractivity contribution in [3.8, 4) is 0 Å². The van der Waals surface area contributed by atoms with Crippen molar-refractivity contribution in [1.82, 2.24) is 10.3 Å². The quantitative estimate of drug-likeness (QED) is 0.889. The molecule has 0 aliphatic carbocycles. The summed E-state index contributed by atoms with van der Waals surface area (Å²) in [5.74, 6) is 1.71. The Labute approximate surface area is 115 Å². The average molecular weight is 268 g/mol. The topological polar surface area (TPSA) is 28.2 Å². The molecule has 1 saturated heterocycles. The first-order valence-electron chi connectivity index (χ1n) is 6.78. The molecule has 1 aromatic heterocycles. The monoisotopic (exact) mass is 267 g/mol. The Bertz CT molecular complexity index is 387. The maximum absolute atomic E-state index is 6.20. The van der Waals surface area contributed by atoms with Gasteiger partial charge in [-0.3, -0.25) is 0 Å². The molecule has 100 valence electrons. The molecule has 1 aromatic rings. The van der Waals surface area contributed by atoms with Gasteiger partial charge in [-0.05, 0) is 37.4 Å². The summed E-state index contributed by atoms with van der Waals surface area (Å²) in [5.41, 5.74) is 0.960. The SMILES string of the molecule is CC(C)CNCc1nc(N2CCCC2)ccc1Cl. The summed E-state index contributed by atoms with van der Waals surface area (Å²) in [6.07, 6.45) is 2.54. The maximum Gasteiger partial charge on any atom is 0.128 e. The fraction of sp³-hybridized carbons (Fsp3) is 0.643. The van der Waals surface area contributed by atoms with Gasteiger partial charge < -0.3 is 10.2 Å². The predicted octanol–water partition coefficient (Wildman–Crippen LogP) is 3.08. The van der Waals surface area contributed by atoms with Crippen molar-refractivity contribution in [3.63, 3.8) is 0 Å². The van der Waals surface area contributed by atoms with E-state index in [1.807, 2.05) is 12.1 Å². The molecule has 2 heterocycles. The number of pyridine rings is 1. The summed E-state index contributed by atoms with van der Waals surface area (Å²) >= 11 is 6.20. The standard InChI is InChI=1S/C14H22ClN3/c1-11(2)9-16-10-13-12(15)5-6-14(17-13)18-7-3-4-8-18/h5-6,11,16H,3-4,7-10H2,1-2H3. The third-order valence-electron chi connectivity index (χ3n) is 3.18. The highest BCUT2D eigenvalue weighted by atomic mass is 35.5. The molecule has 0 bridgehead atoms. The lowest BCUT2D eigenvalue weighted by molar-refractivity contribution is 0.548. The van der Waals surface area contributed by atoms with Crippen LogP contribution in [0, 0.1) is 5.92 Å². The van der Waals surface area contributed by atoms with E-state index in [4.69, 9.17) is 11.6 Å². The number of hydrogen-bond donors (Lipinski definition) is 1. The molecule has 0 radical (unpaired) electrons. The van der Waals surface area contributed by atoms with Crippen LogP contribution in [-0.2, 0) is 6.54 Å². The first-order chi connectivity index (χ1) is 8.66. The average Bonchev–Trinajstić information content (AvgIpc) is 2.84. The highest BCUT2D eigenvalue weighted by molar-refractivity contribution is 6.31. The molecule has 18 heavy (non-hydrogen) atoms. The zero-order valence-electron chi connectivity index (χ0n) is 11.2. The van der Waals surface area contributed by atoms with Crippen LogP contribution in [0.2, 0.25) is 5.02 Å². The van der Waals surface area contributed by atoms with Crippen LogP contribution in [-0.4, -0.2) is 24.6 Å². The minimum absolute atomic E-state index is 0.644. The summed E-state index contributed by atoms with van der Waals surface area (Å²) in [6.45, 7) is 8.37. The Morgan fingerprint density at radius 3 is 2.72 bits per heavy atom. The number of nitrogens with zero attached hydrogens (tertiary/aromatic N) is 2. The number of halogens is 1. The molecule has 3 nitrogen and oxygen atoms in total. The van der Waals surface area contributed by atoms with Gasteiger partial charge >= 0.3 is 0 Å². The maximum atomic E-state index is 6.20. The molecule has 0 atom stereocenters. The van der Waals surface area contributed by atoms with Crippen molar-refractivity contribution in [2.75, 3.05) is 24.5 Å². The van der Waals surface area contributed by atoms with Gasteiger partial charge in [0.05, 0.1) is 10.7 Å². The Morgan fingerprint density at radius 2 is 2.06 bits per heavy atom. The predicted molar refractivity (Wildman–Crippen MR) is 77.2 cm³/mol. The highest BCUT2D eigenvalue weighted by Gasteiger charge is 2.14. The van der Waals surface area contributed by atoms with Crippen LogP contribution in [0.25, 0.3) is 0 Å². The van der Waals surface area contributed by atoms with Gasteiger partial charge in [0.2, 0.25) is 0 Å². The van der Waals surface area contributed by atoms with Crippen LogP contribution in [0.1, 0.15) is 32.4 Å². The van der Waals surface area contributed by atoms with Crippen molar-refractivity contribution in [3.05, 3.63) is 22.8 Å². The molecule has 1 N–H and O–H groups in total. The van der Waals surface area contributed by atoms with E-state index in [9.17, 15) is 0 Å². The van der Waals surface area contributed by atoms with Crippen molar-refractivity contribution in [1.29, 1.82) is 0 Å². The molecule has 0 saturated carbocycles. The number of anilines is 1. The Kier molecular flexibility index (Phi) is 4.84. The highest BCUT2D eigenvalue weighted by Crippen LogP contribution is 2.22. The summed E-state index contributed by atoms with van der Waals surface area (Å²) < 4.78 is 0. The number of nitrogens with one attached hydrogen (secondary N) is 1. The summed E-state index contributed by atoms with van der Waals surface area (Å²) in [4.78, 5) is 7.02. The third-order valence-corrected chi connectivity index (χ3v) is 3.52. The van der Waals surface area contributed by atoms with Gasteiger partial charge in [-0.2, -0.15) is 0 Å². The van der Waals surface area contributed by atoms with Gasteiger partial charge in [0.25, 0.3) is 0 Å². The van der Waals surface area contributed by atoms with Crippen LogP contribution in [0.4, 0.5) is 5.82 Å². The van der Waals surface area contributed by atoms with Gasteiger partial charge in [0.1, 0.15) is 5.82 Å². The van der Waals surface area contributed by atoms with Crippen LogP contribution < -0.4 is 10.2 Å². The van der Waals surface area contributed by atoms with E-state index in [-0.39, 0.29) is 0 Å². The molecular formula is C14H22ClN3. The largest absolute Gasteiger partial charge is 0.357 e. The zero-order valence-corrected chi connectivity index (χ0v) is 12.0. The van der Waals surface area contributed by atoms with E-state index in [0.29, 0.717) is 5.92 Å². The fourth-order valence-electron chi connectivity index (χ4n) is 2.20. The molecule has 0 unspecified atom stereocenters. The van der Waals surface area contributed by atoms with E-state index >= 15 is 0 Å². The summed E-state index contributed by atoms with van der Waals surface area (Å²) in [6, 6.07) is 3.99. The number of rotatable bonds is 5. The van der Waals surface area contributed by atoms with Crippen LogP contribution >= 0.6 is 11.6 Å². The minimum Gasteiger partial charge on any atom is -0.357 e. The number of aromatic nitrogens is 1.